The average Bonchev–Trinajstić information content (AvgIpc) is 3.16. The van der Waals surface area contributed by atoms with Crippen molar-refractivity contribution in [1.29, 1.82) is 0 Å². The molecule has 0 radical (unpaired) electrons. The van der Waals surface area contributed by atoms with Crippen LogP contribution in [-0.2, 0) is 0 Å². The van der Waals surface area contributed by atoms with Crippen LogP contribution in [0.3, 0.4) is 0 Å². The van der Waals surface area contributed by atoms with E-state index in [1.807, 2.05) is 30.5 Å². The summed E-state index contributed by atoms with van der Waals surface area (Å²) in [6, 6.07) is 7.70. The molecule has 1 saturated carbocycles. The monoisotopic (exact) mass is 334 g/mol. The molecular formula is C15H15ClN4OS. The zero-order valence-corrected chi connectivity index (χ0v) is 13.3. The van der Waals surface area contributed by atoms with Gasteiger partial charge in [0.15, 0.2) is 0 Å². The van der Waals surface area contributed by atoms with Gasteiger partial charge in [-0.15, -0.1) is 5.10 Å². The van der Waals surface area contributed by atoms with Crippen molar-refractivity contribution in [3.63, 3.8) is 0 Å². The lowest BCUT2D eigenvalue weighted by molar-refractivity contribution is 0.172. The van der Waals surface area contributed by atoms with E-state index in [-0.39, 0.29) is 12.1 Å². The summed E-state index contributed by atoms with van der Waals surface area (Å²) in [5.41, 5.74) is 1.89. The summed E-state index contributed by atoms with van der Waals surface area (Å²) in [6.45, 7) is 0. The van der Waals surface area contributed by atoms with E-state index in [0.29, 0.717) is 5.02 Å². The Kier molecular flexibility index (Phi) is 3.52. The second-order valence-electron chi connectivity index (χ2n) is 5.52. The van der Waals surface area contributed by atoms with Gasteiger partial charge < -0.3 is 10.4 Å². The lowest BCUT2D eigenvalue weighted by Crippen LogP contribution is -2.27. The fourth-order valence-electron chi connectivity index (χ4n) is 2.79. The molecule has 3 aromatic rings. The topological polar surface area (TPSA) is 62.5 Å². The number of aliphatic hydroxyl groups is 1. The molecule has 7 heteroatoms. The first-order chi connectivity index (χ1) is 10.7. The van der Waals surface area contributed by atoms with Crippen LogP contribution in [0.25, 0.3) is 16.2 Å². The van der Waals surface area contributed by atoms with Crippen molar-refractivity contribution in [3.05, 3.63) is 35.5 Å². The van der Waals surface area contributed by atoms with Crippen molar-refractivity contribution in [2.24, 2.45) is 0 Å². The number of aromatic nitrogens is 3. The third kappa shape index (κ3) is 2.58. The van der Waals surface area contributed by atoms with Gasteiger partial charge in [-0.05, 0) is 31.4 Å². The van der Waals surface area contributed by atoms with Crippen LogP contribution in [0, 0.1) is 0 Å². The van der Waals surface area contributed by atoms with E-state index in [1.165, 1.54) is 11.3 Å². The summed E-state index contributed by atoms with van der Waals surface area (Å²) < 4.78 is 1.78. The average molecular weight is 335 g/mol. The maximum atomic E-state index is 9.87. The van der Waals surface area contributed by atoms with Crippen LogP contribution in [0.5, 0.6) is 0 Å². The molecule has 1 aliphatic carbocycles. The molecule has 1 aliphatic rings. The van der Waals surface area contributed by atoms with E-state index < -0.39 is 0 Å². The number of anilines is 1. The molecule has 1 fully saturated rings. The van der Waals surface area contributed by atoms with Gasteiger partial charge in [0.25, 0.3) is 0 Å². The molecule has 2 unspecified atom stereocenters. The normalized spacial score (nSPS) is 21.5. The Balaban J connectivity index is 1.58. The summed E-state index contributed by atoms with van der Waals surface area (Å²) in [6.07, 6.45) is 4.54. The molecule has 2 N–H and O–H groups in total. The molecule has 4 rings (SSSR count). The minimum atomic E-state index is -0.277. The number of halogens is 1. The van der Waals surface area contributed by atoms with E-state index in [9.17, 15) is 5.11 Å². The minimum Gasteiger partial charge on any atom is -0.391 e. The number of nitrogens with one attached hydrogen (secondary N) is 1. The van der Waals surface area contributed by atoms with Gasteiger partial charge in [0.1, 0.15) is 0 Å². The molecule has 22 heavy (non-hydrogen) atoms. The van der Waals surface area contributed by atoms with Crippen LogP contribution < -0.4 is 5.32 Å². The maximum Gasteiger partial charge on any atom is 0.214 e. The molecule has 2 heterocycles. The van der Waals surface area contributed by atoms with Crippen LogP contribution >= 0.6 is 22.9 Å². The fourth-order valence-corrected chi connectivity index (χ4v) is 3.75. The largest absolute Gasteiger partial charge is 0.391 e. The standard InChI is InChI=1S/C15H15ClN4OS/c16-10-6-4-9(5-7-10)12-8-20-15(18-12)22-14(19-20)17-11-2-1-3-13(11)21/h4-8,11,13,21H,1-3H2,(H,17,19). The van der Waals surface area contributed by atoms with Crippen molar-refractivity contribution in [2.75, 3.05) is 5.32 Å². The summed E-state index contributed by atoms with van der Waals surface area (Å²) in [4.78, 5) is 5.43. The molecule has 1 aromatic carbocycles. The van der Waals surface area contributed by atoms with Gasteiger partial charge >= 0.3 is 0 Å². The third-order valence-electron chi connectivity index (χ3n) is 3.97. The molecular weight excluding hydrogens is 320 g/mol. The molecule has 114 valence electrons. The molecule has 0 bridgehead atoms. The van der Waals surface area contributed by atoms with E-state index in [4.69, 9.17) is 11.6 Å². The van der Waals surface area contributed by atoms with Crippen molar-refractivity contribution in [2.45, 2.75) is 31.4 Å². The smallest absolute Gasteiger partial charge is 0.214 e. The Morgan fingerprint density at radius 2 is 2.09 bits per heavy atom. The molecule has 2 atom stereocenters. The number of fused-ring (bicyclic) bond motifs is 1. The van der Waals surface area contributed by atoms with Crippen molar-refractivity contribution < 1.29 is 5.11 Å². The van der Waals surface area contributed by atoms with Crippen LogP contribution in [0.4, 0.5) is 5.13 Å². The van der Waals surface area contributed by atoms with Gasteiger partial charge in [-0.1, -0.05) is 35.1 Å². The van der Waals surface area contributed by atoms with E-state index in [2.05, 4.69) is 15.4 Å². The van der Waals surface area contributed by atoms with E-state index in [1.54, 1.807) is 4.52 Å². The van der Waals surface area contributed by atoms with Gasteiger partial charge in [0.2, 0.25) is 10.1 Å². The summed E-state index contributed by atoms with van der Waals surface area (Å²) in [7, 11) is 0. The second-order valence-corrected chi connectivity index (χ2v) is 6.91. The first kappa shape index (κ1) is 14.0. The van der Waals surface area contributed by atoms with Crippen LogP contribution in [-0.4, -0.2) is 31.9 Å². The Hall–Kier alpha value is -1.63. The van der Waals surface area contributed by atoms with Crippen LogP contribution in [0.2, 0.25) is 5.02 Å². The Labute approximate surface area is 136 Å². The lowest BCUT2D eigenvalue weighted by atomic mass is 10.2. The van der Waals surface area contributed by atoms with Crippen LogP contribution in [0.1, 0.15) is 19.3 Å². The predicted molar refractivity (Wildman–Crippen MR) is 88.6 cm³/mol. The Morgan fingerprint density at radius 3 is 2.77 bits per heavy atom. The van der Waals surface area contributed by atoms with Crippen molar-refractivity contribution >= 4 is 33.0 Å². The van der Waals surface area contributed by atoms with E-state index >= 15 is 0 Å². The number of imidazole rings is 1. The number of hydrogen-bond donors (Lipinski definition) is 2. The molecule has 0 spiro atoms. The second kappa shape index (κ2) is 5.53. The van der Waals surface area contributed by atoms with Gasteiger partial charge in [-0.3, -0.25) is 0 Å². The minimum absolute atomic E-state index is 0.103. The first-order valence-corrected chi connectivity index (χ1v) is 8.45. The summed E-state index contributed by atoms with van der Waals surface area (Å²) in [5, 5.41) is 19.2. The lowest BCUT2D eigenvalue weighted by Gasteiger charge is -2.14. The number of benzene rings is 1. The maximum absolute atomic E-state index is 9.87. The third-order valence-corrected chi connectivity index (χ3v) is 5.08. The summed E-state index contributed by atoms with van der Waals surface area (Å²) in [5.74, 6) is 0. The van der Waals surface area contributed by atoms with Gasteiger partial charge in [-0.25, -0.2) is 9.50 Å². The highest BCUT2D eigenvalue weighted by Crippen LogP contribution is 2.28. The Morgan fingerprint density at radius 1 is 1.27 bits per heavy atom. The fraction of sp³-hybridized carbons (Fsp3) is 0.333. The number of rotatable bonds is 3. The Bertz CT molecular complexity index is 766. The van der Waals surface area contributed by atoms with Gasteiger partial charge in [0, 0.05) is 10.6 Å². The molecule has 2 aromatic heterocycles. The number of nitrogens with zero attached hydrogens (tertiary/aromatic N) is 3. The quantitative estimate of drug-likeness (QED) is 0.770. The molecule has 0 amide bonds. The number of hydrogen-bond acceptors (Lipinski definition) is 5. The highest BCUT2D eigenvalue weighted by Gasteiger charge is 2.26. The highest BCUT2D eigenvalue weighted by atomic mass is 35.5. The molecule has 5 nitrogen and oxygen atoms in total. The van der Waals surface area contributed by atoms with Crippen molar-refractivity contribution in [3.8, 4) is 11.3 Å². The molecule has 0 saturated heterocycles. The summed E-state index contributed by atoms with van der Waals surface area (Å²) >= 11 is 7.40. The zero-order chi connectivity index (χ0) is 15.1. The molecule has 0 aliphatic heterocycles. The SMILES string of the molecule is OC1CCCC1Nc1nn2cc(-c3ccc(Cl)cc3)nc2s1. The highest BCUT2D eigenvalue weighted by molar-refractivity contribution is 7.20. The van der Waals surface area contributed by atoms with Crippen molar-refractivity contribution in [1.82, 2.24) is 14.6 Å². The van der Waals surface area contributed by atoms with E-state index in [0.717, 1.165) is 40.6 Å². The zero-order valence-electron chi connectivity index (χ0n) is 11.7. The van der Waals surface area contributed by atoms with Gasteiger partial charge in [-0.2, -0.15) is 0 Å². The van der Waals surface area contributed by atoms with Gasteiger partial charge in [0.05, 0.1) is 24.0 Å². The first-order valence-electron chi connectivity index (χ1n) is 7.26. The number of aliphatic hydroxyl groups excluding tert-OH is 1. The van der Waals surface area contributed by atoms with Crippen LogP contribution in [0.15, 0.2) is 30.5 Å². The predicted octanol–water partition coefficient (Wildman–Crippen LogP) is 3.44.